The fraction of sp³-hybridized carbons (Fsp3) is 0.619. The number of carbonyl (C=O) groups is 1. The van der Waals surface area contributed by atoms with Crippen molar-refractivity contribution in [3.8, 4) is 0 Å². The highest BCUT2D eigenvalue weighted by Gasteiger charge is 2.44. The second-order valence-electron chi connectivity index (χ2n) is 8.64. The molecule has 5 nitrogen and oxygen atoms in total. The van der Waals surface area contributed by atoms with Crippen LogP contribution in [0.5, 0.6) is 0 Å². The molecule has 0 unspecified atom stereocenters. The van der Waals surface area contributed by atoms with Crippen LogP contribution < -0.4 is 0 Å². The largest absolute Gasteiger partial charge is 0.390 e. The average Bonchev–Trinajstić information content (AvgIpc) is 2.87. The zero-order valence-electron chi connectivity index (χ0n) is 16.0. The third-order valence-corrected chi connectivity index (χ3v) is 6.32. The number of aryl methyl sites for hydroxylation is 2. The minimum Gasteiger partial charge on any atom is -0.390 e. The normalized spacial score (nSPS) is 26.9. The Kier molecular flexibility index (Phi) is 4.30. The first-order valence-electron chi connectivity index (χ1n) is 9.75. The molecule has 0 radical (unpaired) electrons. The van der Waals surface area contributed by atoms with Gasteiger partial charge in [0.2, 0.25) is 5.91 Å². The van der Waals surface area contributed by atoms with Crippen molar-refractivity contribution in [2.75, 3.05) is 13.1 Å². The SMILES string of the molecule is Cc1cc2ccc(CC3CCN(C(=O)C4CC(C)(O)C4)CC3)nc2n1C. The molecule has 1 saturated carbocycles. The van der Waals surface area contributed by atoms with E-state index in [1.54, 1.807) is 0 Å². The smallest absolute Gasteiger partial charge is 0.225 e. The minimum atomic E-state index is -0.627. The van der Waals surface area contributed by atoms with Gasteiger partial charge in [0.25, 0.3) is 0 Å². The van der Waals surface area contributed by atoms with E-state index in [0.29, 0.717) is 18.8 Å². The monoisotopic (exact) mass is 355 g/mol. The molecule has 2 aliphatic rings. The molecule has 26 heavy (non-hydrogen) atoms. The van der Waals surface area contributed by atoms with Crippen LogP contribution in [0.3, 0.4) is 0 Å². The first kappa shape index (κ1) is 17.5. The molecule has 1 aliphatic heterocycles. The number of hydrogen-bond donors (Lipinski definition) is 1. The van der Waals surface area contributed by atoms with Crippen LogP contribution in [0.1, 0.15) is 44.0 Å². The molecule has 0 atom stereocenters. The van der Waals surface area contributed by atoms with Gasteiger partial charge in [-0.15, -0.1) is 0 Å². The maximum atomic E-state index is 12.5. The van der Waals surface area contributed by atoms with Crippen molar-refractivity contribution in [1.29, 1.82) is 0 Å². The summed E-state index contributed by atoms with van der Waals surface area (Å²) < 4.78 is 2.15. The lowest BCUT2D eigenvalue weighted by Gasteiger charge is -2.43. The summed E-state index contributed by atoms with van der Waals surface area (Å²) in [6, 6.07) is 6.50. The molecule has 1 amide bonds. The predicted molar refractivity (Wildman–Crippen MR) is 102 cm³/mol. The van der Waals surface area contributed by atoms with Crippen molar-refractivity contribution in [3.63, 3.8) is 0 Å². The maximum absolute atomic E-state index is 12.5. The molecular formula is C21H29N3O2. The summed E-state index contributed by atoms with van der Waals surface area (Å²) in [4.78, 5) is 19.4. The molecule has 2 fully saturated rings. The Morgan fingerprint density at radius 1 is 1.31 bits per heavy atom. The number of nitrogens with zero attached hydrogens (tertiary/aromatic N) is 3. The summed E-state index contributed by atoms with van der Waals surface area (Å²) in [5.74, 6) is 0.870. The van der Waals surface area contributed by atoms with Crippen molar-refractivity contribution < 1.29 is 9.90 Å². The van der Waals surface area contributed by atoms with E-state index in [9.17, 15) is 9.90 Å². The van der Waals surface area contributed by atoms with Gasteiger partial charge in [0, 0.05) is 42.8 Å². The first-order valence-corrected chi connectivity index (χ1v) is 9.75. The number of pyridine rings is 1. The van der Waals surface area contributed by atoms with Crippen molar-refractivity contribution in [1.82, 2.24) is 14.5 Å². The zero-order chi connectivity index (χ0) is 18.5. The van der Waals surface area contributed by atoms with Gasteiger partial charge < -0.3 is 14.6 Å². The number of aliphatic hydroxyl groups is 1. The first-order chi connectivity index (χ1) is 12.3. The second kappa shape index (κ2) is 6.38. The van der Waals surface area contributed by atoms with E-state index in [-0.39, 0.29) is 11.8 Å². The van der Waals surface area contributed by atoms with Crippen molar-refractivity contribution in [3.05, 3.63) is 29.6 Å². The fourth-order valence-electron chi connectivity index (χ4n) is 4.57. The van der Waals surface area contributed by atoms with Gasteiger partial charge in [-0.25, -0.2) is 4.98 Å². The van der Waals surface area contributed by atoms with Crippen LogP contribution >= 0.6 is 0 Å². The minimum absolute atomic E-state index is 0.0335. The summed E-state index contributed by atoms with van der Waals surface area (Å²) in [6.45, 7) is 5.61. The molecule has 1 aliphatic carbocycles. The highest BCUT2D eigenvalue weighted by molar-refractivity contribution is 5.80. The third kappa shape index (κ3) is 3.25. The number of piperidine rings is 1. The van der Waals surface area contributed by atoms with Gasteiger partial charge in [0.1, 0.15) is 5.65 Å². The van der Waals surface area contributed by atoms with Crippen LogP contribution in [0.2, 0.25) is 0 Å². The van der Waals surface area contributed by atoms with E-state index in [0.717, 1.165) is 43.7 Å². The van der Waals surface area contributed by atoms with Gasteiger partial charge in [0.15, 0.2) is 0 Å². The van der Waals surface area contributed by atoms with Crippen molar-refractivity contribution in [2.45, 2.75) is 51.6 Å². The van der Waals surface area contributed by atoms with E-state index in [2.05, 4.69) is 36.7 Å². The van der Waals surface area contributed by atoms with Crippen LogP contribution in [0.15, 0.2) is 18.2 Å². The maximum Gasteiger partial charge on any atom is 0.225 e. The predicted octanol–water partition coefficient (Wildman–Crippen LogP) is 2.82. The lowest BCUT2D eigenvalue weighted by Crippen LogP contribution is -2.51. The Balaban J connectivity index is 1.34. The van der Waals surface area contributed by atoms with Crippen LogP contribution in [0, 0.1) is 18.8 Å². The average molecular weight is 355 g/mol. The Morgan fingerprint density at radius 3 is 2.65 bits per heavy atom. The highest BCUT2D eigenvalue weighted by atomic mass is 16.3. The molecule has 3 heterocycles. The topological polar surface area (TPSA) is 58.4 Å². The molecule has 4 rings (SSSR count). The van der Waals surface area contributed by atoms with Gasteiger partial charge in [-0.05, 0) is 70.1 Å². The molecule has 0 bridgehead atoms. The van der Waals surface area contributed by atoms with Gasteiger partial charge in [-0.2, -0.15) is 0 Å². The summed E-state index contributed by atoms with van der Waals surface area (Å²) in [6.07, 6.45) is 4.30. The number of likely N-dealkylation sites (tertiary alicyclic amines) is 1. The van der Waals surface area contributed by atoms with Crippen LogP contribution in [-0.2, 0) is 18.3 Å². The quantitative estimate of drug-likeness (QED) is 0.921. The molecule has 2 aromatic rings. The standard InChI is InChI=1S/C21H29N3O2/c1-14-10-16-4-5-18(22-19(16)23(14)3)11-15-6-8-24(9-7-15)20(25)17-12-21(2,26)13-17/h4-5,10,15,17,26H,6-9,11-13H2,1-3H3. The van der Waals surface area contributed by atoms with Crippen LogP contribution in [-0.4, -0.2) is 44.2 Å². The molecule has 0 aromatic carbocycles. The number of hydrogen-bond acceptors (Lipinski definition) is 3. The number of rotatable bonds is 3. The fourth-order valence-corrected chi connectivity index (χ4v) is 4.57. The van der Waals surface area contributed by atoms with E-state index < -0.39 is 5.60 Å². The molecule has 2 aromatic heterocycles. The number of amides is 1. The summed E-state index contributed by atoms with van der Waals surface area (Å²) in [7, 11) is 2.07. The van der Waals surface area contributed by atoms with E-state index in [1.807, 2.05) is 11.8 Å². The Bertz CT molecular complexity index is 823. The van der Waals surface area contributed by atoms with Crippen LogP contribution in [0.4, 0.5) is 0 Å². The van der Waals surface area contributed by atoms with Crippen molar-refractivity contribution in [2.24, 2.45) is 18.9 Å². The second-order valence-corrected chi connectivity index (χ2v) is 8.64. The summed E-state index contributed by atoms with van der Waals surface area (Å²) >= 11 is 0. The molecule has 140 valence electrons. The number of fused-ring (bicyclic) bond motifs is 1. The summed E-state index contributed by atoms with van der Waals surface area (Å²) in [5, 5.41) is 11.1. The Labute approximate surface area is 155 Å². The number of carbonyl (C=O) groups excluding carboxylic acids is 1. The molecular weight excluding hydrogens is 326 g/mol. The molecule has 1 N–H and O–H groups in total. The molecule has 5 heteroatoms. The molecule has 0 spiro atoms. The van der Waals surface area contributed by atoms with Gasteiger partial charge in [-0.1, -0.05) is 0 Å². The summed E-state index contributed by atoms with van der Waals surface area (Å²) in [5.41, 5.74) is 2.81. The lowest BCUT2D eigenvalue weighted by atomic mass is 9.71. The third-order valence-electron chi connectivity index (χ3n) is 6.32. The number of aromatic nitrogens is 2. The highest BCUT2D eigenvalue weighted by Crippen LogP contribution is 2.39. The van der Waals surface area contributed by atoms with Gasteiger partial charge >= 0.3 is 0 Å². The van der Waals surface area contributed by atoms with Crippen LogP contribution in [0.25, 0.3) is 11.0 Å². The van der Waals surface area contributed by atoms with E-state index in [1.165, 1.54) is 11.1 Å². The van der Waals surface area contributed by atoms with E-state index in [4.69, 9.17) is 4.98 Å². The molecule has 1 saturated heterocycles. The van der Waals surface area contributed by atoms with Gasteiger partial charge in [-0.3, -0.25) is 4.79 Å². The van der Waals surface area contributed by atoms with Gasteiger partial charge in [0.05, 0.1) is 5.60 Å². The lowest BCUT2D eigenvalue weighted by molar-refractivity contribution is -0.151. The zero-order valence-corrected chi connectivity index (χ0v) is 16.0. The Morgan fingerprint density at radius 2 is 2.00 bits per heavy atom. The van der Waals surface area contributed by atoms with E-state index >= 15 is 0 Å². The Hall–Kier alpha value is -1.88. The van der Waals surface area contributed by atoms with Crippen molar-refractivity contribution >= 4 is 16.9 Å².